The summed E-state index contributed by atoms with van der Waals surface area (Å²) in [4.78, 5) is 15.4. The Hall–Kier alpha value is -2.55. The Bertz CT molecular complexity index is 1460. The molecule has 2 bridgehead atoms. The Morgan fingerprint density at radius 2 is 1.98 bits per heavy atom. The van der Waals surface area contributed by atoms with Gasteiger partial charge in [0.1, 0.15) is 5.75 Å². The van der Waals surface area contributed by atoms with Crippen molar-refractivity contribution >= 4 is 33.2 Å². The molecule has 1 amide bonds. The molecule has 4 aliphatic rings. The summed E-state index contributed by atoms with van der Waals surface area (Å²) in [5.41, 5.74) is 4.32. The van der Waals surface area contributed by atoms with E-state index in [9.17, 15) is 18.3 Å². The van der Waals surface area contributed by atoms with Gasteiger partial charge in [0.25, 0.3) is 5.91 Å². The second kappa shape index (κ2) is 10.7. The molecule has 4 atom stereocenters. The molecule has 7 nitrogen and oxygen atoms in total. The summed E-state index contributed by atoms with van der Waals surface area (Å²) in [6.07, 6.45) is 7.22. The van der Waals surface area contributed by atoms with Crippen LogP contribution in [0.25, 0.3) is 0 Å². The number of rotatable bonds is 0. The minimum Gasteiger partial charge on any atom is -0.490 e. The average Bonchev–Trinajstić information content (AvgIpc) is 3.02. The maximum atomic E-state index is 13.1. The van der Waals surface area contributed by atoms with E-state index in [2.05, 4.69) is 21.8 Å². The van der Waals surface area contributed by atoms with E-state index in [1.807, 2.05) is 19.1 Å². The number of amides is 1. The smallest absolute Gasteiger partial charge is 0.264 e. The summed E-state index contributed by atoms with van der Waals surface area (Å²) >= 11 is 6.37. The van der Waals surface area contributed by atoms with E-state index >= 15 is 0 Å². The van der Waals surface area contributed by atoms with Gasteiger partial charge < -0.3 is 14.7 Å². The fraction of sp³-hybridized carbons (Fsp3) is 0.516. The second-order valence-electron chi connectivity index (χ2n) is 12.1. The lowest BCUT2D eigenvalue weighted by atomic mass is 9.68. The van der Waals surface area contributed by atoms with Crippen LogP contribution >= 0.6 is 11.6 Å². The van der Waals surface area contributed by atoms with Gasteiger partial charge in [0, 0.05) is 29.1 Å². The highest BCUT2D eigenvalue weighted by Crippen LogP contribution is 2.46. The normalized spacial score (nSPS) is 31.4. The van der Waals surface area contributed by atoms with Gasteiger partial charge in [0.15, 0.2) is 0 Å². The molecule has 2 aromatic carbocycles. The number of hydrogen-bond donors (Lipinski definition) is 2. The average molecular weight is 585 g/mol. The first-order chi connectivity index (χ1) is 19.1. The minimum atomic E-state index is -3.80. The van der Waals surface area contributed by atoms with E-state index < -0.39 is 22.0 Å². The van der Waals surface area contributed by atoms with Crippen LogP contribution in [0.3, 0.4) is 0 Å². The van der Waals surface area contributed by atoms with Crippen LogP contribution in [0.4, 0.5) is 5.69 Å². The van der Waals surface area contributed by atoms with Crippen molar-refractivity contribution in [1.82, 2.24) is 4.72 Å². The van der Waals surface area contributed by atoms with Crippen molar-refractivity contribution in [2.45, 2.75) is 63.4 Å². The molecule has 2 N–H and O–H groups in total. The Kier molecular flexibility index (Phi) is 7.38. The molecule has 0 saturated heterocycles. The van der Waals surface area contributed by atoms with Crippen molar-refractivity contribution in [1.29, 1.82) is 0 Å². The maximum absolute atomic E-state index is 13.1. The van der Waals surface area contributed by atoms with E-state index in [0.29, 0.717) is 37.7 Å². The number of aliphatic hydroxyl groups is 1. The summed E-state index contributed by atoms with van der Waals surface area (Å²) in [5, 5.41) is 11.9. The number of allylic oxidation sites excluding steroid dienone is 1. The van der Waals surface area contributed by atoms with E-state index in [4.69, 9.17) is 16.3 Å². The molecule has 2 aliphatic heterocycles. The largest absolute Gasteiger partial charge is 0.490 e. The number of aryl methyl sites for hydroxylation is 1. The molecule has 0 aromatic heterocycles. The van der Waals surface area contributed by atoms with Gasteiger partial charge in [0.05, 0.1) is 24.2 Å². The highest BCUT2D eigenvalue weighted by molar-refractivity contribution is 7.90. The summed E-state index contributed by atoms with van der Waals surface area (Å²) in [5.74, 6) is 0.333. The third-order valence-corrected chi connectivity index (χ3v) is 10.9. The summed E-state index contributed by atoms with van der Waals surface area (Å²) < 4.78 is 34.1. The lowest BCUT2D eigenvalue weighted by Gasteiger charge is -2.45. The number of anilines is 1. The monoisotopic (exact) mass is 584 g/mol. The molecule has 2 aliphatic carbocycles. The number of nitrogens with zero attached hydrogens (tertiary/aromatic N) is 1. The number of carbonyl (C=O) groups excluding carboxylic acids is 1. The molecular formula is C31H37ClN2O5S. The number of carbonyl (C=O) groups is 1. The quantitative estimate of drug-likeness (QED) is 0.423. The Morgan fingerprint density at radius 3 is 2.77 bits per heavy atom. The fourth-order valence-electron chi connectivity index (χ4n) is 7.10. The number of hydrogen-bond acceptors (Lipinski definition) is 6. The predicted molar refractivity (Wildman–Crippen MR) is 157 cm³/mol. The van der Waals surface area contributed by atoms with Crippen LogP contribution in [0.2, 0.25) is 5.02 Å². The molecule has 0 unspecified atom stereocenters. The Labute approximate surface area is 241 Å². The number of halogens is 1. The number of benzene rings is 2. The molecule has 1 saturated carbocycles. The molecular weight excluding hydrogens is 548 g/mol. The number of aliphatic hydroxyl groups excluding tert-OH is 1. The van der Waals surface area contributed by atoms with Crippen LogP contribution in [0, 0.1) is 11.8 Å². The van der Waals surface area contributed by atoms with E-state index in [-0.39, 0.29) is 22.6 Å². The first-order valence-electron chi connectivity index (χ1n) is 14.3. The van der Waals surface area contributed by atoms with Crippen LogP contribution in [0.1, 0.15) is 66.9 Å². The summed E-state index contributed by atoms with van der Waals surface area (Å²) in [6, 6.07) is 11.4. The Morgan fingerprint density at radius 1 is 1.12 bits per heavy atom. The first kappa shape index (κ1) is 27.6. The number of ether oxygens (including phenoxy) is 1. The fourth-order valence-corrected chi connectivity index (χ4v) is 8.32. The van der Waals surface area contributed by atoms with Crippen molar-refractivity contribution in [2.24, 2.45) is 11.8 Å². The summed E-state index contributed by atoms with van der Waals surface area (Å²) in [6.45, 7) is 3.86. The standard InChI is InChI=1S/C31H37ClN2O5S/c1-20-4-3-13-40(37,38)33-30(36)22-7-11-29-27(16-22)34(17-23-6-9-25(23)28(35)14-20)18-31(19-39-29)12-2-5-21-15-24(32)8-10-26(21)31/h7-8,10-11,14-16,23,25,28,35H,2-6,9,12-13,17-19H2,1H3,(H,33,36)/b20-14+/t23-,25+,28-,31-/m0/s1. The van der Waals surface area contributed by atoms with E-state index in [1.165, 1.54) is 11.1 Å². The molecule has 1 spiro atoms. The lowest BCUT2D eigenvalue weighted by molar-refractivity contribution is 0.0452. The zero-order chi connectivity index (χ0) is 28.1. The summed E-state index contributed by atoms with van der Waals surface area (Å²) in [7, 11) is -3.80. The van der Waals surface area contributed by atoms with Gasteiger partial charge >= 0.3 is 0 Å². The van der Waals surface area contributed by atoms with E-state index in [0.717, 1.165) is 54.9 Å². The van der Waals surface area contributed by atoms with Crippen molar-refractivity contribution in [2.75, 3.05) is 30.3 Å². The highest BCUT2D eigenvalue weighted by Gasteiger charge is 2.44. The molecule has 6 rings (SSSR count). The van der Waals surface area contributed by atoms with Crippen LogP contribution in [-0.4, -0.2) is 51.0 Å². The van der Waals surface area contributed by atoms with Crippen molar-refractivity contribution in [3.63, 3.8) is 0 Å². The van der Waals surface area contributed by atoms with Crippen LogP contribution in [-0.2, 0) is 21.9 Å². The van der Waals surface area contributed by atoms with E-state index in [1.54, 1.807) is 18.2 Å². The third-order valence-electron chi connectivity index (χ3n) is 9.36. The SMILES string of the molecule is C/C1=C\[C@H](O)[C@@H]2CC[C@H]2CN2C[C@@]3(CCCc4cc(Cl)ccc43)COc3ccc(cc32)C(=O)NS(=O)(=O)CCC1. The topological polar surface area (TPSA) is 95.9 Å². The van der Waals surface area contributed by atoms with Gasteiger partial charge in [-0.2, -0.15) is 0 Å². The first-order valence-corrected chi connectivity index (χ1v) is 16.4. The van der Waals surface area contributed by atoms with Gasteiger partial charge in [0.2, 0.25) is 10.0 Å². The van der Waals surface area contributed by atoms with Crippen molar-refractivity contribution < 1.29 is 23.1 Å². The number of fused-ring (bicyclic) bond motifs is 4. The maximum Gasteiger partial charge on any atom is 0.264 e. The zero-order valence-corrected chi connectivity index (χ0v) is 24.4. The van der Waals surface area contributed by atoms with Gasteiger partial charge in [-0.05, 0) is 105 Å². The molecule has 2 aromatic rings. The lowest BCUT2D eigenvalue weighted by Crippen LogP contribution is -2.49. The molecule has 214 valence electrons. The van der Waals surface area contributed by atoms with Crippen LogP contribution < -0.4 is 14.4 Å². The van der Waals surface area contributed by atoms with Gasteiger partial charge in [-0.1, -0.05) is 29.3 Å². The van der Waals surface area contributed by atoms with Crippen molar-refractivity contribution in [3.8, 4) is 5.75 Å². The minimum absolute atomic E-state index is 0.138. The number of nitrogens with one attached hydrogen (secondary N) is 1. The molecule has 2 heterocycles. The number of sulfonamides is 1. The second-order valence-corrected chi connectivity index (χ2v) is 14.4. The van der Waals surface area contributed by atoms with Gasteiger partial charge in [-0.25, -0.2) is 13.1 Å². The molecule has 9 heteroatoms. The highest BCUT2D eigenvalue weighted by atomic mass is 35.5. The van der Waals surface area contributed by atoms with Crippen molar-refractivity contribution in [3.05, 3.63) is 69.8 Å². The predicted octanol–water partition coefficient (Wildman–Crippen LogP) is 5.00. The zero-order valence-electron chi connectivity index (χ0n) is 22.9. The molecule has 40 heavy (non-hydrogen) atoms. The van der Waals surface area contributed by atoms with Gasteiger partial charge in [-0.3, -0.25) is 4.79 Å². The Balaban J connectivity index is 1.42. The van der Waals surface area contributed by atoms with Crippen LogP contribution in [0.15, 0.2) is 48.0 Å². The molecule has 0 radical (unpaired) electrons. The molecule has 1 fully saturated rings. The van der Waals surface area contributed by atoms with Gasteiger partial charge in [-0.15, -0.1) is 0 Å². The van der Waals surface area contributed by atoms with Crippen LogP contribution in [0.5, 0.6) is 5.75 Å². The third kappa shape index (κ3) is 5.38.